The first kappa shape index (κ1) is 9.71. The normalized spacial score (nSPS) is 9.54. The van der Waals surface area contributed by atoms with E-state index in [0.29, 0.717) is 0 Å². The van der Waals surface area contributed by atoms with Gasteiger partial charge in [-0.1, -0.05) is 13.8 Å². The number of rotatable bonds is 0. The van der Waals surface area contributed by atoms with E-state index in [1.165, 1.54) is 0 Å². The molecule has 2 aromatic rings. The molecule has 0 saturated heterocycles. The SMILES string of the molecule is CC.Cc1nc2ncccc2n1C. The Hall–Kier alpha value is -1.38. The fraction of sp³-hybridized carbons (Fsp3) is 0.400. The summed E-state index contributed by atoms with van der Waals surface area (Å²) >= 11 is 0. The van der Waals surface area contributed by atoms with Crippen LogP contribution in [0.2, 0.25) is 0 Å². The van der Waals surface area contributed by atoms with Gasteiger partial charge in [-0.25, -0.2) is 9.97 Å². The number of pyridine rings is 1. The van der Waals surface area contributed by atoms with Crippen molar-refractivity contribution in [2.24, 2.45) is 7.05 Å². The molecule has 0 aliphatic carbocycles. The predicted molar refractivity (Wildman–Crippen MR) is 54.6 cm³/mol. The quantitative estimate of drug-likeness (QED) is 0.618. The van der Waals surface area contributed by atoms with E-state index < -0.39 is 0 Å². The maximum absolute atomic E-state index is 4.26. The molecule has 0 N–H and O–H groups in total. The Balaban J connectivity index is 0.000000396. The Bertz CT molecular complexity index is 390. The van der Waals surface area contributed by atoms with Crippen LogP contribution in [0.25, 0.3) is 11.2 Å². The maximum Gasteiger partial charge on any atom is 0.177 e. The van der Waals surface area contributed by atoms with E-state index in [4.69, 9.17) is 0 Å². The van der Waals surface area contributed by atoms with Crippen molar-refractivity contribution in [2.45, 2.75) is 20.8 Å². The summed E-state index contributed by atoms with van der Waals surface area (Å²) < 4.78 is 2.03. The van der Waals surface area contributed by atoms with E-state index in [1.54, 1.807) is 6.20 Å². The fourth-order valence-corrected chi connectivity index (χ4v) is 1.14. The zero-order valence-electron chi connectivity index (χ0n) is 8.57. The molecule has 0 amide bonds. The third-order valence-corrected chi connectivity index (χ3v) is 1.88. The van der Waals surface area contributed by atoms with Gasteiger partial charge in [-0.2, -0.15) is 0 Å². The van der Waals surface area contributed by atoms with Crippen molar-refractivity contribution in [3.05, 3.63) is 24.2 Å². The average Bonchev–Trinajstić information content (AvgIpc) is 2.47. The molecule has 13 heavy (non-hydrogen) atoms. The molecule has 0 unspecified atom stereocenters. The topological polar surface area (TPSA) is 30.7 Å². The molecule has 0 radical (unpaired) electrons. The highest BCUT2D eigenvalue weighted by Gasteiger charge is 2.01. The molecular weight excluding hydrogens is 162 g/mol. The van der Waals surface area contributed by atoms with Gasteiger partial charge in [0.2, 0.25) is 0 Å². The molecule has 2 heterocycles. The zero-order chi connectivity index (χ0) is 9.84. The summed E-state index contributed by atoms with van der Waals surface area (Å²) in [6, 6.07) is 3.94. The monoisotopic (exact) mass is 177 g/mol. The number of aromatic nitrogens is 3. The van der Waals surface area contributed by atoms with Gasteiger partial charge in [0.1, 0.15) is 5.82 Å². The number of hydrogen-bond donors (Lipinski definition) is 0. The summed E-state index contributed by atoms with van der Waals surface area (Å²) in [4.78, 5) is 8.40. The van der Waals surface area contributed by atoms with E-state index in [0.717, 1.165) is 17.0 Å². The van der Waals surface area contributed by atoms with E-state index >= 15 is 0 Å². The van der Waals surface area contributed by atoms with Crippen LogP contribution in [0.5, 0.6) is 0 Å². The lowest BCUT2D eigenvalue weighted by atomic mass is 10.4. The van der Waals surface area contributed by atoms with Crippen molar-refractivity contribution in [3.63, 3.8) is 0 Å². The van der Waals surface area contributed by atoms with Crippen LogP contribution in [-0.2, 0) is 7.05 Å². The van der Waals surface area contributed by atoms with Gasteiger partial charge in [0.25, 0.3) is 0 Å². The van der Waals surface area contributed by atoms with E-state index in [9.17, 15) is 0 Å². The van der Waals surface area contributed by atoms with Crippen LogP contribution < -0.4 is 0 Å². The number of nitrogens with zero attached hydrogens (tertiary/aromatic N) is 3. The van der Waals surface area contributed by atoms with Crippen molar-refractivity contribution < 1.29 is 0 Å². The number of hydrogen-bond acceptors (Lipinski definition) is 2. The maximum atomic E-state index is 4.26. The highest BCUT2D eigenvalue weighted by atomic mass is 15.1. The molecule has 2 aromatic heterocycles. The molecule has 0 saturated carbocycles. The standard InChI is InChI=1S/C8H9N3.C2H6/c1-6-10-8-7(11(6)2)4-3-5-9-8;1-2/h3-5H,1-2H3;1-2H3. The van der Waals surface area contributed by atoms with Gasteiger partial charge in [0, 0.05) is 13.2 Å². The second-order valence-electron chi connectivity index (χ2n) is 2.56. The van der Waals surface area contributed by atoms with Gasteiger partial charge in [0.15, 0.2) is 5.65 Å². The minimum atomic E-state index is 0.826. The second-order valence-corrected chi connectivity index (χ2v) is 2.56. The third kappa shape index (κ3) is 1.69. The molecule has 3 nitrogen and oxygen atoms in total. The Morgan fingerprint density at radius 1 is 1.31 bits per heavy atom. The summed E-state index contributed by atoms with van der Waals surface area (Å²) in [5, 5.41) is 0. The van der Waals surface area contributed by atoms with Crippen LogP contribution in [0, 0.1) is 6.92 Å². The van der Waals surface area contributed by atoms with Crippen molar-refractivity contribution in [3.8, 4) is 0 Å². The summed E-state index contributed by atoms with van der Waals surface area (Å²) in [5.41, 5.74) is 1.91. The van der Waals surface area contributed by atoms with Crippen molar-refractivity contribution in [2.75, 3.05) is 0 Å². The van der Waals surface area contributed by atoms with Crippen LogP contribution in [0.4, 0.5) is 0 Å². The van der Waals surface area contributed by atoms with E-state index in [2.05, 4.69) is 9.97 Å². The summed E-state index contributed by atoms with van der Waals surface area (Å²) in [6.45, 7) is 5.97. The molecule has 70 valence electrons. The lowest BCUT2D eigenvalue weighted by Gasteiger charge is -1.93. The van der Waals surface area contributed by atoms with Crippen LogP contribution in [-0.4, -0.2) is 14.5 Å². The molecule has 2 rings (SSSR count). The summed E-state index contributed by atoms with van der Waals surface area (Å²) in [6.07, 6.45) is 1.76. The zero-order valence-corrected chi connectivity index (χ0v) is 8.57. The second kappa shape index (κ2) is 4.03. The smallest absolute Gasteiger partial charge is 0.177 e. The first-order valence-electron chi connectivity index (χ1n) is 4.53. The lowest BCUT2D eigenvalue weighted by Crippen LogP contribution is -1.89. The number of aryl methyl sites for hydroxylation is 2. The van der Waals surface area contributed by atoms with Gasteiger partial charge in [-0.3, -0.25) is 0 Å². The van der Waals surface area contributed by atoms with Crippen molar-refractivity contribution in [1.82, 2.24) is 14.5 Å². The number of imidazole rings is 1. The minimum Gasteiger partial charge on any atom is -0.330 e. The molecule has 0 fully saturated rings. The Labute approximate surface area is 78.4 Å². The van der Waals surface area contributed by atoms with Crippen LogP contribution >= 0.6 is 0 Å². The highest BCUT2D eigenvalue weighted by molar-refractivity contribution is 5.70. The molecule has 0 bridgehead atoms. The van der Waals surface area contributed by atoms with Gasteiger partial charge in [0.05, 0.1) is 5.52 Å². The van der Waals surface area contributed by atoms with Crippen molar-refractivity contribution in [1.29, 1.82) is 0 Å². The highest BCUT2D eigenvalue weighted by Crippen LogP contribution is 2.09. The van der Waals surface area contributed by atoms with Crippen molar-refractivity contribution >= 4 is 11.2 Å². The Morgan fingerprint density at radius 3 is 2.62 bits per heavy atom. The molecule has 0 spiro atoms. The van der Waals surface area contributed by atoms with Crippen LogP contribution in [0.15, 0.2) is 18.3 Å². The van der Waals surface area contributed by atoms with Gasteiger partial charge >= 0.3 is 0 Å². The first-order chi connectivity index (χ1) is 6.29. The van der Waals surface area contributed by atoms with Gasteiger partial charge in [-0.15, -0.1) is 0 Å². The molecule has 0 aliphatic rings. The number of fused-ring (bicyclic) bond motifs is 1. The molecule has 3 heteroatoms. The molecule has 0 atom stereocenters. The molecule has 0 aliphatic heterocycles. The Kier molecular flexibility index (Phi) is 3.01. The van der Waals surface area contributed by atoms with Crippen LogP contribution in [0.3, 0.4) is 0 Å². The van der Waals surface area contributed by atoms with E-state index in [-0.39, 0.29) is 0 Å². The first-order valence-corrected chi connectivity index (χ1v) is 4.53. The van der Waals surface area contributed by atoms with Gasteiger partial charge < -0.3 is 4.57 Å². The predicted octanol–water partition coefficient (Wildman–Crippen LogP) is 2.30. The summed E-state index contributed by atoms with van der Waals surface area (Å²) in [5.74, 6) is 0.999. The van der Waals surface area contributed by atoms with Gasteiger partial charge in [-0.05, 0) is 19.1 Å². The average molecular weight is 177 g/mol. The fourth-order valence-electron chi connectivity index (χ4n) is 1.14. The van der Waals surface area contributed by atoms with E-state index in [1.807, 2.05) is 44.5 Å². The largest absolute Gasteiger partial charge is 0.330 e. The third-order valence-electron chi connectivity index (χ3n) is 1.88. The lowest BCUT2D eigenvalue weighted by molar-refractivity contribution is 0.886. The molecular formula is C10H15N3. The minimum absolute atomic E-state index is 0.826. The van der Waals surface area contributed by atoms with Crippen LogP contribution in [0.1, 0.15) is 19.7 Å². The Morgan fingerprint density at radius 2 is 2.00 bits per heavy atom. The molecule has 0 aromatic carbocycles. The summed E-state index contributed by atoms with van der Waals surface area (Å²) in [7, 11) is 1.99.